The fourth-order valence-electron chi connectivity index (χ4n) is 3.35. The molecule has 1 aliphatic heterocycles. The highest BCUT2D eigenvalue weighted by atomic mass is 32.2. The van der Waals surface area contributed by atoms with Gasteiger partial charge in [-0.25, -0.2) is 0 Å². The van der Waals surface area contributed by atoms with Gasteiger partial charge in [-0.05, 0) is 65.2 Å². The highest BCUT2D eigenvalue weighted by molar-refractivity contribution is 8.03. The molecule has 1 aromatic rings. The van der Waals surface area contributed by atoms with Crippen molar-refractivity contribution in [2.45, 2.75) is 107 Å². The van der Waals surface area contributed by atoms with E-state index in [0.717, 1.165) is 13.0 Å². The normalized spacial score (nSPS) is 15.4. The van der Waals surface area contributed by atoms with Gasteiger partial charge in [0.1, 0.15) is 0 Å². The topological polar surface area (TPSA) is 3.24 Å². The monoisotopic (exact) mass is 535 g/mol. The fourth-order valence-corrected chi connectivity index (χ4v) is 4.49. The number of thioether (sulfide) groups is 1. The lowest BCUT2D eigenvalue weighted by Crippen LogP contribution is -2.16. The van der Waals surface area contributed by atoms with E-state index in [1.165, 1.54) is 51.6 Å². The van der Waals surface area contributed by atoms with Gasteiger partial charge < -0.3 is 4.90 Å². The van der Waals surface area contributed by atoms with Gasteiger partial charge in [0.25, 0.3) is 0 Å². The molecule has 1 heterocycles. The molecular weight excluding hydrogens is 478 g/mol. The minimum Gasteiger partial charge on any atom is -0.335 e. The van der Waals surface area contributed by atoms with E-state index in [2.05, 4.69) is 138 Å². The molecule has 0 aromatic heterocycles. The lowest BCUT2D eigenvalue weighted by molar-refractivity contribution is 0.990. The molecule has 0 saturated heterocycles. The lowest BCUT2D eigenvalue weighted by Gasteiger charge is -2.17. The van der Waals surface area contributed by atoms with Crippen LogP contribution in [-0.4, -0.2) is 6.54 Å². The van der Waals surface area contributed by atoms with Crippen LogP contribution in [0.15, 0.2) is 112 Å². The summed E-state index contributed by atoms with van der Waals surface area (Å²) in [5.74, 6) is 0. The molecule has 2 heteroatoms. The van der Waals surface area contributed by atoms with E-state index in [1.807, 2.05) is 39.5 Å². The summed E-state index contributed by atoms with van der Waals surface area (Å²) in [5.41, 5.74) is 5.53. The molecule has 0 unspecified atom stereocenters. The average Bonchev–Trinajstić information content (AvgIpc) is 3.30. The Hall–Kier alpha value is -2.45. The van der Waals surface area contributed by atoms with E-state index in [9.17, 15) is 0 Å². The number of hydrogen-bond acceptors (Lipinski definition) is 2. The summed E-state index contributed by atoms with van der Waals surface area (Å²) in [7, 11) is 0. The molecule has 0 bridgehead atoms. The first kappa shape index (κ1) is 37.7. The molecule has 0 atom stereocenters. The number of benzene rings is 1. The first-order chi connectivity index (χ1) is 18.5. The zero-order chi connectivity index (χ0) is 29.2. The van der Waals surface area contributed by atoms with Crippen molar-refractivity contribution in [3.05, 3.63) is 107 Å². The first-order valence-electron chi connectivity index (χ1n) is 14.7. The predicted molar refractivity (Wildman–Crippen MR) is 180 cm³/mol. The molecule has 1 aliphatic carbocycles. The maximum absolute atomic E-state index is 2.35. The second-order valence-electron chi connectivity index (χ2n) is 8.36. The summed E-state index contributed by atoms with van der Waals surface area (Å²) in [4.78, 5) is 3.69. The molecule has 1 nitrogen and oxygen atoms in total. The van der Waals surface area contributed by atoms with Crippen LogP contribution in [0.3, 0.4) is 0 Å². The van der Waals surface area contributed by atoms with Crippen LogP contribution in [0.25, 0.3) is 0 Å². The van der Waals surface area contributed by atoms with Crippen LogP contribution in [-0.2, 0) is 0 Å². The minimum atomic E-state index is 0.991. The van der Waals surface area contributed by atoms with Crippen LogP contribution in [0, 0.1) is 0 Å². The van der Waals surface area contributed by atoms with Gasteiger partial charge in [-0.2, -0.15) is 0 Å². The van der Waals surface area contributed by atoms with Crippen LogP contribution in [0.1, 0.15) is 102 Å². The number of rotatable bonds is 6. The third-order valence-electron chi connectivity index (χ3n) is 5.21. The van der Waals surface area contributed by atoms with Gasteiger partial charge in [-0.15, -0.1) is 0 Å². The lowest BCUT2D eigenvalue weighted by atomic mass is 10.0. The van der Waals surface area contributed by atoms with E-state index < -0.39 is 0 Å². The third kappa shape index (κ3) is 16.4. The average molecular weight is 536 g/mol. The van der Waals surface area contributed by atoms with Crippen molar-refractivity contribution in [1.29, 1.82) is 0 Å². The number of anilines is 1. The maximum atomic E-state index is 2.35. The summed E-state index contributed by atoms with van der Waals surface area (Å²) in [6.45, 7) is 24.1. The zero-order valence-electron chi connectivity index (χ0n) is 26.5. The van der Waals surface area contributed by atoms with Crippen molar-refractivity contribution in [3.8, 4) is 0 Å². The number of allylic oxidation sites excluding steroid dienone is 13. The Morgan fingerprint density at radius 1 is 0.816 bits per heavy atom. The SMILES string of the molecule is CC.CC.CC/C=C(C)/C=C/C=C/C=C/C=C1/Sc2ccccc2N1CC.CC1=CCCC=C1C.CCC. The van der Waals surface area contributed by atoms with Gasteiger partial charge in [0.15, 0.2) is 0 Å². The van der Waals surface area contributed by atoms with Crippen LogP contribution in [0.5, 0.6) is 0 Å². The molecule has 0 N–H and O–H groups in total. The molecule has 212 valence electrons. The Kier molecular flexibility index (Phi) is 26.0. The van der Waals surface area contributed by atoms with Crippen molar-refractivity contribution in [2.24, 2.45) is 0 Å². The number of nitrogens with zero attached hydrogens (tertiary/aromatic N) is 1. The van der Waals surface area contributed by atoms with Crippen molar-refractivity contribution >= 4 is 17.4 Å². The van der Waals surface area contributed by atoms with Gasteiger partial charge >= 0.3 is 0 Å². The van der Waals surface area contributed by atoms with Crippen LogP contribution in [0.4, 0.5) is 5.69 Å². The second-order valence-corrected chi connectivity index (χ2v) is 9.43. The van der Waals surface area contributed by atoms with E-state index in [0.29, 0.717) is 0 Å². The molecule has 2 aliphatic rings. The van der Waals surface area contributed by atoms with E-state index in [-0.39, 0.29) is 0 Å². The quantitative estimate of drug-likeness (QED) is 0.333. The fraction of sp³-hybridized carbons (Fsp3) is 0.444. The zero-order valence-corrected chi connectivity index (χ0v) is 27.3. The van der Waals surface area contributed by atoms with Crippen LogP contribution in [0.2, 0.25) is 0 Å². The van der Waals surface area contributed by atoms with Crippen molar-refractivity contribution in [3.63, 3.8) is 0 Å². The Morgan fingerprint density at radius 2 is 1.34 bits per heavy atom. The van der Waals surface area contributed by atoms with Gasteiger partial charge in [-0.1, -0.05) is 150 Å². The Labute approximate surface area is 241 Å². The van der Waals surface area contributed by atoms with Crippen molar-refractivity contribution in [1.82, 2.24) is 0 Å². The van der Waals surface area contributed by atoms with Gasteiger partial charge in [0.05, 0.1) is 10.7 Å². The summed E-state index contributed by atoms with van der Waals surface area (Å²) in [6, 6.07) is 8.57. The maximum Gasteiger partial charge on any atom is 0.0801 e. The molecule has 0 amide bonds. The molecule has 3 rings (SSSR count). The predicted octanol–water partition coefficient (Wildman–Crippen LogP) is 12.6. The van der Waals surface area contributed by atoms with Gasteiger partial charge in [0, 0.05) is 11.4 Å². The van der Waals surface area contributed by atoms with E-state index in [4.69, 9.17) is 0 Å². The molecule has 0 radical (unpaired) electrons. The number of fused-ring (bicyclic) bond motifs is 1. The van der Waals surface area contributed by atoms with Gasteiger partial charge in [-0.3, -0.25) is 0 Å². The highest BCUT2D eigenvalue weighted by Gasteiger charge is 2.22. The summed E-state index contributed by atoms with van der Waals surface area (Å²) in [6.07, 6.45) is 26.4. The summed E-state index contributed by atoms with van der Waals surface area (Å²) in [5, 5.41) is 1.29. The van der Waals surface area contributed by atoms with E-state index >= 15 is 0 Å². The molecule has 1 aromatic carbocycles. The van der Waals surface area contributed by atoms with Crippen molar-refractivity contribution < 1.29 is 0 Å². The number of hydrogen-bond donors (Lipinski definition) is 0. The number of para-hydroxylation sites is 1. The Balaban J connectivity index is 0. The summed E-state index contributed by atoms with van der Waals surface area (Å²) >= 11 is 1.84. The molecular formula is C36H57NS. The van der Waals surface area contributed by atoms with Crippen molar-refractivity contribution in [2.75, 3.05) is 11.4 Å². The summed E-state index contributed by atoms with van der Waals surface area (Å²) < 4.78 is 0. The second kappa shape index (κ2) is 26.2. The first-order valence-corrected chi connectivity index (χ1v) is 15.6. The largest absolute Gasteiger partial charge is 0.335 e. The highest BCUT2D eigenvalue weighted by Crippen LogP contribution is 2.45. The molecule has 0 saturated carbocycles. The Morgan fingerprint density at radius 3 is 1.87 bits per heavy atom. The molecule has 0 spiro atoms. The van der Waals surface area contributed by atoms with Crippen LogP contribution < -0.4 is 4.90 Å². The smallest absolute Gasteiger partial charge is 0.0801 e. The third-order valence-corrected chi connectivity index (χ3v) is 6.34. The molecule has 0 fully saturated rings. The minimum absolute atomic E-state index is 0.991. The van der Waals surface area contributed by atoms with Gasteiger partial charge in [0.2, 0.25) is 0 Å². The standard InChI is InChI=1S/C21H25NS.C8H12.C3H8.2C2H6/c1-4-13-18(3)14-9-7-6-8-10-17-21-22(5-2)19-15-11-12-16-20(19)23-21;1-7-5-3-4-6-8(7)2;1-3-2;2*1-2/h6-17H,4-5H2,1-3H3;5-6H,3-4H2,1-2H3;3H2,1-2H3;2*1-2H3/b7-6+,10-8+,14-9+,18-13+,21-17+;;;;. The molecule has 38 heavy (non-hydrogen) atoms. The Bertz CT molecular complexity index is 920. The van der Waals surface area contributed by atoms with Crippen LogP contribution >= 0.6 is 11.8 Å². The van der Waals surface area contributed by atoms with E-state index in [1.54, 1.807) is 0 Å².